The molecule has 2 aliphatic heterocycles. The highest BCUT2D eigenvalue weighted by atomic mass is 16.5. The van der Waals surface area contributed by atoms with Gasteiger partial charge in [-0.05, 0) is 68.0 Å². The Kier molecular flexibility index (Phi) is 6.62. The smallest absolute Gasteiger partial charge is 0.326 e. The van der Waals surface area contributed by atoms with E-state index >= 15 is 0 Å². The van der Waals surface area contributed by atoms with Gasteiger partial charge in [0, 0.05) is 42.4 Å². The summed E-state index contributed by atoms with van der Waals surface area (Å²) in [6.45, 7) is 5.68. The van der Waals surface area contributed by atoms with Crippen LogP contribution in [-0.2, 0) is 27.3 Å². The second kappa shape index (κ2) is 10.2. The molecule has 1 fully saturated rings. The van der Waals surface area contributed by atoms with Gasteiger partial charge < -0.3 is 24.4 Å². The molecule has 6 rings (SSSR count). The predicted molar refractivity (Wildman–Crippen MR) is 150 cm³/mol. The highest BCUT2D eigenvalue weighted by molar-refractivity contribution is 6.02. The number of hydrogen-bond acceptors (Lipinski definition) is 4. The van der Waals surface area contributed by atoms with Crippen LogP contribution < -0.4 is 5.32 Å². The van der Waals surface area contributed by atoms with Gasteiger partial charge in [0.2, 0.25) is 5.91 Å². The number of para-hydroxylation sites is 1. The number of esters is 1. The van der Waals surface area contributed by atoms with Crippen molar-refractivity contribution < 1.29 is 19.1 Å². The SMILES string of the molecule is CC(C)OC(=O)Cn1cc2c3c(cccc31)C1=C[C@@H](C(=O)N3CCCC3)CN(C(=O)Nc3ccccc3)[C@@H]1C2. The number of aromatic nitrogens is 1. The number of urea groups is 1. The van der Waals surface area contributed by atoms with E-state index in [4.69, 9.17) is 4.74 Å². The molecule has 1 aromatic heterocycles. The summed E-state index contributed by atoms with van der Waals surface area (Å²) in [5.41, 5.74) is 4.78. The molecule has 8 heteroatoms. The zero-order valence-electron chi connectivity index (χ0n) is 22.4. The van der Waals surface area contributed by atoms with E-state index in [1.165, 1.54) is 0 Å². The van der Waals surface area contributed by atoms with Crippen molar-refractivity contribution in [2.45, 2.75) is 51.8 Å². The van der Waals surface area contributed by atoms with E-state index in [-0.39, 0.29) is 36.6 Å². The van der Waals surface area contributed by atoms with Crippen molar-refractivity contribution in [2.75, 3.05) is 25.0 Å². The molecule has 0 spiro atoms. The van der Waals surface area contributed by atoms with Crippen LogP contribution in [0, 0.1) is 5.92 Å². The number of carbonyl (C=O) groups excluding carboxylic acids is 3. The number of carbonyl (C=O) groups is 3. The monoisotopic (exact) mass is 526 g/mol. The number of ether oxygens (including phenoxy) is 1. The third-order valence-corrected chi connectivity index (χ3v) is 7.91. The average molecular weight is 527 g/mol. The molecule has 3 amide bonds. The van der Waals surface area contributed by atoms with Gasteiger partial charge in [-0.2, -0.15) is 0 Å². The van der Waals surface area contributed by atoms with Gasteiger partial charge in [-0.3, -0.25) is 9.59 Å². The lowest BCUT2D eigenvalue weighted by molar-refractivity contribution is -0.148. The summed E-state index contributed by atoms with van der Waals surface area (Å²) in [5, 5.41) is 4.12. The summed E-state index contributed by atoms with van der Waals surface area (Å²) in [5.74, 6) is -0.603. The summed E-state index contributed by atoms with van der Waals surface area (Å²) < 4.78 is 7.35. The Morgan fingerprint density at radius 1 is 1.03 bits per heavy atom. The number of anilines is 1. The minimum absolute atomic E-state index is 0.0861. The molecule has 202 valence electrons. The summed E-state index contributed by atoms with van der Waals surface area (Å²) in [6.07, 6.45) is 6.58. The number of rotatable bonds is 5. The Balaban J connectivity index is 1.39. The van der Waals surface area contributed by atoms with Gasteiger partial charge in [-0.15, -0.1) is 0 Å². The second-order valence-corrected chi connectivity index (χ2v) is 10.9. The van der Waals surface area contributed by atoms with Crippen LogP contribution in [0.5, 0.6) is 0 Å². The highest BCUT2D eigenvalue weighted by Gasteiger charge is 2.41. The standard InChI is InChI=1S/C31H34N4O4/c1-20(2)39-28(36)19-34-17-21-16-27-25(24-11-8-12-26(34)29(21)24)15-22(30(37)33-13-6-7-14-33)18-35(27)31(38)32-23-9-4-3-5-10-23/h3-5,8-12,15,17,20,22,27H,6-7,13-14,16,18-19H2,1-2H3,(H,32,38)/t22-,27-/m1/s1. The number of likely N-dealkylation sites (tertiary alicyclic amines) is 1. The maximum atomic E-state index is 13.7. The number of benzene rings is 2. The van der Waals surface area contributed by atoms with Crippen LogP contribution in [-0.4, -0.2) is 64.1 Å². The third-order valence-electron chi connectivity index (χ3n) is 7.91. The van der Waals surface area contributed by atoms with Crippen molar-refractivity contribution in [3.63, 3.8) is 0 Å². The number of amides is 3. The molecule has 0 unspecified atom stereocenters. The number of nitrogens with one attached hydrogen (secondary N) is 1. The van der Waals surface area contributed by atoms with E-state index < -0.39 is 5.92 Å². The van der Waals surface area contributed by atoms with E-state index in [2.05, 4.69) is 17.5 Å². The zero-order chi connectivity index (χ0) is 27.1. The number of fused-ring (bicyclic) bond motifs is 2. The van der Waals surface area contributed by atoms with Gasteiger partial charge >= 0.3 is 12.0 Å². The fraction of sp³-hybridized carbons (Fsp3) is 0.387. The first kappa shape index (κ1) is 25.2. The lowest BCUT2D eigenvalue weighted by atomic mass is 9.79. The fourth-order valence-electron chi connectivity index (χ4n) is 6.25. The molecular formula is C31H34N4O4. The molecule has 2 atom stereocenters. The first-order valence-electron chi connectivity index (χ1n) is 13.8. The molecule has 3 heterocycles. The minimum atomic E-state index is -0.407. The van der Waals surface area contributed by atoms with Gasteiger partial charge in [0.15, 0.2) is 0 Å². The molecule has 0 bridgehead atoms. The molecular weight excluding hydrogens is 492 g/mol. The Morgan fingerprint density at radius 3 is 2.54 bits per heavy atom. The molecule has 3 aromatic rings. The molecule has 8 nitrogen and oxygen atoms in total. The van der Waals surface area contributed by atoms with Crippen LogP contribution in [0.4, 0.5) is 10.5 Å². The first-order chi connectivity index (χ1) is 18.9. The van der Waals surface area contributed by atoms with Crippen molar-refractivity contribution in [2.24, 2.45) is 5.92 Å². The summed E-state index contributed by atoms with van der Waals surface area (Å²) in [6, 6.07) is 15.0. The molecule has 39 heavy (non-hydrogen) atoms. The third kappa shape index (κ3) is 4.80. The van der Waals surface area contributed by atoms with Crippen LogP contribution in [0.2, 0.25) is 0 Å². The van der Waals surface area contributed by atoms with Crippen molar-refractivity contribution in [3.8, 4) is 0 Å². The normalized spacial score (nSPS) is 20.1. The summed E-state index contributed by atoms with van der Waals surface area (Å²) in [7, 11) is 0. The lowest BCUT2D eigenvalue weighted by Gasteiger charge is -2.42. The van der Waals surface area contributed by atoms with E-state index in [1.807, 2.05) is 76.9 Å². The van der Waals surface area contributed by atoms with E-state index in [9.17, 15) is 14.4 Å². The topological polar surface area (TPSA) is 83.9 Å². The molecule has 1 aliphatic carbocycles. The zero-order valence-corrected chi connectivity index (χ0v) is 22.4. The average Bonchev–Trinajstić information content (AvgIpc) is 3.58. The Labute approximate surface area is 228 Å². The fourth-order valence-corrected chi connectivity index (χ4v) is 6.25. The number of nitrogens with zero attached hydrogens (tertiary/aromatic N) is 3. The second-order valence-electron chi connectivity index (χ2n) is 10.9. The molecule has 0 radical (unpaired) electrons. The summed E-state index contributed by atoms with van der Waals surface area (Å²) in [4.78, 5) is 43.6. The summed E-state index contributed by atoms with van der Waals surface area (Å²) >= 11 is 0. The van der Waals surface area contributed by atoms with Gasteiger partial charge in [-0.25, -0.2) is 4.79 Å². The molecule has 0 saturated carbocycles. The van der Waals surface area contributed by atoms with Crippen LogP contribution in [0.15, 0.2) is 60.8 Å². The van der Waals surface area contributed by atoms with Crippen LogP contribution in [0.1, 0.15) is 37.8 Å². The lowest BCUT2D eigenvalue weighted by Crippen LogP contribution is -2.52. The molecule has 1 saturated heterocycles. The van der Waals surface area contributed by atoms with Gasteiger partial charge in [0.25, 0.3) is 0 Å². The Hall–Kier alpha value is -4.07. The molecule has 2 aromatic carbocycles. The van der Waals surface area contributed by atoms with Crippen molar-refractivity contribution >= 4 is 40.1 Å². The Bertz CT molecular complexity index is 1450. The first-order valence-corrected chi connectivity index (χ1v) is 13.8. The van der Waals surface area contributed by atoms with Crippen LogP contribution in [0.25, 0.3) is 16.5 Å². The van der Waals surface area contributed by atoms with Gasteiger partial charge in [0.1, 0.15) is 6.54 Å². The maximum absolute atomic E-state index is 13.7. The molecule has 3 aliphatic rings. The van der Waals surface area contributed by atoms with E-state index in [0.29, 0.717) is 13.0 Å². The van der Waals surface area contributed by atoms with Crippen LogP contribution >= 0.6 is 0 Å². The largest absolute Gasteiger partial charge is 0.462 e. The van der Waals surface area contributed by atoms with Crippen molar-refractivity contribution in [1.82, 2.24) is 14.4 Å². The van der Waals surface area contributed by atoms with Crippen molar-refractivity contribution in [3.05, 3.63) is 71.9 Å². The molecule has 1 N–H and O–H groups in total. The van der Waals surface area contributed by atoms with Crippen molar-refractivity contribution in [1.29, 1.82) is 0 Å². The quantitative estimate of drug-likeness (QED) is 0.489. The van der Waals surface area contributed by atoms with E-state index in [1.54, 1.807) is 0 Å². The van der Waals surface area contributed by atoms with Crippen LogP contribution in [0.3, 0.4) is 0 Å². The van der Waals surface area contributed by atoms with Gasteiger partial charge in [0.05, 0.1) is 18.1 Å². The maximum Gasteiger partial charge on any atom is 0.326 e. The van der Waals surface area contributed by atoms with Gasteiger partial charge in [-0.1, -0.05) is 36.4 Å². The number of hydrogen-bond donors (Lipinski definition) is 1. The van der Waals surface area contributed by atoms with E-state index in [0.717, 1.165) is 59.2 Å². The Morgan fingerprint density at radius 2 is 1.79 bits per heavy atom. The highest BCUT2D eigenvalue weighted by Crippen LogP contribution is 2.42. The minimum Gasteiger partial charge on any atom is -0.462 e. The predicted octanol–water partition coefficient (Wildman–Crippen LogP) is 4.69.